The summed E-state index contributed by atoms with van der Waals surface area (Å²) in [5.74, 6) is 0.0370. The molecule has 0 aliphatic carbocycles. The van der Waals surface area contributed by atoms with Gasteiger partial charge in [0.2, 0.25) is 5.91 Å². The molecule has 2 aromatic rings. The lowest BCUT2D eigenvalue weighted by molar-refractivity contribution is -0.128. The lowest BCUT2D eigenvalue weighted by atomic mass is 10.2. The first-order valence-corrected chi connectivity index (χ1v) is 8.71. The lowest BCUT2D eigenvalue weighted by Crippen LogP contribution is -2.33. The van der Waals surface area contributed by atoms with Crippen LogP contribution >= 0.6 is 11.8 Å². The van der Waals surface area contributed by atoms with Crippen molar-refractivity contribution in [2.45, 2.75) is 25.0 Å². The fourth-order valence-electron chi connectivity index (χ4n) is 2.16. The van der Waals surface area contributed by atoms with Gasteiger partial charge >= 0.3 is 0 Å². The van der Waals surface area contributed by atoms with Gasteiger partial charge in [-0.15, -0.1) is 0 Å². The second-order valence-electron chi connectivity index (χ2n) is 5.45. The van der Waals surface area contributed by atoms with Gasteiger partial charge in [0.25, 0.3) is 5.56 Å². The van der Waals surface area contributed by atoms with Gasteiger partial charge in [-0.2, -0.15) is 5.26 Å². The number of nitriles is 1. The van der Waals surface area contributed by atoms with E-state index in [1.165, 1.54) is 22.4 Å². The van der Waals surface area contributed by atoms with Gasteiger partial charge < -0.3 is 4.90 Å². The maximum absolute atomic E-state index is 12.6. The number of hydrogen-bond donors (Lipinski definition) is 0. The highest BCUT2D eigenvalue weighted by molar-refractivity contribution is 7.99. The van der Waals surface area contributed by atoms with E-state index in [1.54, 1.807) is 31.3 Å². The largest absolute Gasteiger partial charge is 0.337 e. The van der Waals surface area contributed by atoms with E-state index in [4.69, 9.17) is 5.26 Å². The van der Waals surface area contributed by atoms with Gasteiger partial charge in [-0.3, -0.25) is 19.1 Å². The third-order valence-corrected chi connectivity index (χ3v) is 4.50. The summed E-state index contributed by atoms with van der Waals surface area (Å²) >= 11 is 1.22. The van der Waals surface area contributed by atoms with Crippen molar-refractivity contribution in [1.29, 1.82) is 5.26 Å². The number of thioether (sulfide) groups is 1. The summed E-state index contributed by atoms with van der Waals surface area (Å²) in [5.41, 5.74) is 1.37. The quantitative estimate of drug-likeness (QED) is 0.551. The van der Waals surface area contributed by atoms with Gasteiger partial charge in [0, 0.05) is 44.3 Å². The van der Waals surface area contributed by atoms with E-state index >= 15 is 0 Å². The van der Waals surface area contributed by atoms with Crippen molar-refractivity contribution < 1.29 is 4.79 Å². The van der Waals surface area contributed by atoms with Crippen LogP contribution in [0.25, 0.3) is 0 Å². The van der Waals surface area contributed by atoms with Crippen LogP contribution in [-0.2, 0) is 18.4 Å². The van der Waals surface area contributed by atoms with Gasteiger partial charge in [-0.1, -0.05) is 17.8 Å². The molecule has 0 bridgehead atoms. The SMILES string of the molecule is Cc1cc(=O)n(C)c(SCC(=O)N(CCC#N)Cc2cccnc2)n1. The minimum atomic E-state index is -0.154. The average molecular weight is 357 g/mol. The number of carbonyl (C=O) groups is 1. The Morgan fingerprint density at radius 1 is 1.48 bits per heavy atom. The molecule has 0 saturated carbocycles. The molecule has 2 rings (SSSR count). The minimum absolute atomic E-state index is 0.111. The summed E-state index contributed by atoms with van der Waals surface area (Å²) in [6.07, 6.45) is 3.63. The monoisotopic (exact) mass is 357 g/mol. The van der Waals surface area contributed by atoms with Crippen molar-refractivity contribution in [1.82, 2.24) is 19.4 Å². The molecule has 1 amide bonds. The van der Waals surface area contributed by atoms with Crippen molar-refractivity contribution in [2.75, 3.05) is 12.3 Å². The Kier molecular flexibility index (Phi) is 6.71. The van der Waals surface area contributed by atoms with Crippen LogP contribution in [0.15, 0.2) is 40.5 Å². The smallest absolute Gasteiger partial charge is 0.254 e. The Morgan fingerprint density at radius 2 is 2.28 bits per heavy atom. The normalized spacial score (nSPS) is 10.3. The number of aryl methyl sites for hydroxylation is 1. The van der Waals surface area contributed by atoms with E-state index in [-0.39, 0.29) is 23.6 Å². The summed E-state index contributed by atoms with van der Waals surface area (Å²) in [6.45, 7) is 2.50. The third kappa shape index (κ3) is 5.43. The predicted molar refractivity (Wildman–Crippen MR) is 94.8 cm³/mol. The van der Waals surface area contributed by atoms with E-state index in [0.29, 0.717) is 23.9 Å². The fourth-order valence-corrected chi connectivity index (χ4v) is 3.09. The first-order chi connectivity index (χ1) is 12.0. The Morgan fingerprint density at radius 3 is 2.96 bits per heavy atom. The average Bonchev–Trinajstić information content (AvgIpc) is 2.61. The van der Waals surface area contributed by atoms with Crippen LogP contribution in [0.4, 0.5) is 0 Å². The van der Waals surface area contributed by atoms with Crippen LogP contribution in [0.1, 0.15) is 17.7 Å². The third-order valence-electron chi connectivity index (χ3n) is 3.49. The van der Waals surface area contributed by atoms with Crippen molar-refractivity contribution in [2.24, 2.45) is 7.05 Å². The first kappa shape index (κ1) is 18.7. The van der Waals surface area contributed by atoms with Crippen molar-refractivity contribution in [3.05, 3.63) is 52.2 Å². The maximum atomic E-state index is 12.6. The zero-order valence-electron chi connectivity index (χ0n) is 14.2. The highest BCUT2D eigenvalue weighted by Gasteiger charge is 2.16. The minimum Gasteiger partial charge on any atom is -0.337 e. The van der Waals surface area contributed by atoms with E-state index in [0.717, 1.165) is 5.56 Å². The highest BCUT2D eigenvalue weighted by atomic mass is 32.2. The molecule has 8 heteroatoms. The van der Waals surface area contributed by atoms with Gasteiger partial charge in [0.1, 0.15) is 0 Å². The number of amides is 1. The van der Waals surface area contributed by atoms with Crippen LogP contribution in [-0.4, -0.2) is 37.6 Å². The number of rotatable bonds is 7. The molecule has 0 fully saturated rings. The summed E-state index contributed by atoms with van der Waals surface area (Å²) in [4.78, 5) is 34.3. The zero-order chi connectivity index (χ0) is 18.2. The molecular weight excluding hydrogens is 338 g/mol. The molecule has 0 atom stereocenters. The molecule has 0 radical (unpaired) electrons. The van der Waals surface area contributed by atoms with Crippen LogP contribution in [0.5, 0.6) is 0 Å². The van der Waals surface area contributed by atoms with Gasteiger partial charge in [0.05, 0.1) is 18.2 Å². The maximum Gasteiger partial charge on any atom is 0.254 e. The van der Waals surface area contributed by atoms with Crippen molar-refractivity contribution in [3.8, 4) is 6.07 Å². The molecule has 7 nitrogen and oxygen atoms in total. The second kappa shape index (κ2) is 8.99. The Hall–Kier alpha value is -2.66. The number of pyridine rings is 1. The van der Waals surface area contributed by atoms with E-state index in [9.17, 15) is 9.59 Å². The zero-order valence-corrected chi connectivity index (χ0v) is 15.0. The van der Waals surface area contributed by atoms with Crippen LogP contribution in [0.2, 0.25) is 0 Å². The molecule has 0 saturated heterocycles. The highest BCUT2D eigenvalue weighted by Crippen LogP contribution is 2.15. The first-order valence-electron chi connectivity index (χ1n) is 7.72. The predicted octanol–water partition coefficient (Wildman–Crippen LogP) is 1.52. The van der Waals surface area contributed by atoms with Crippen LogP contribution in [0.3, 0.4) is 0 Å². The molecule has 0 aromatic carbocycles. The molecular formula is C17H19N5O2S. The number of aromatic nitrogens is 3. The topological polar surface area (TPSA) is 91.9 Å². The molecule has 2 aromatic heterocycles. The summed E-state index contributed by atoms with van der Waals surface area (Å²) < 4.78 is 1.42. The van der Waals surface area contributed by atoms with E-state index in [2.05, 4.69) is 16.0 Å². The van der Waals surface area contributed by atoms with E-state index < -0.39 is 0 Å². The number of nitrogens with zero attached hydrogens (tertiary/aromatic N) is 5. The van der Waals surface area contributed by atoms with Crippen molar-refractivity contribution >= 4 is 17.7 Å². The second-order valence-corrected chi connectivity index (χ2v) is 6.39. The van der Waals surface area contributed by atoms with Gasteiger partial charge in [0.15, 0.2) is 5.16 Å². The number of hydrogen-bond acceptors (Lipinski definition) is 6. The molecule has 0 spiro atoms. The molecule has 130 valence electrons. The molecule has 0 aliphatic heterocycles. The van der Waals surface area contributed by atoms with Crippen LogP contribution < -0.4 is 5.56 Å². The Labute approximate surface area is 150 Å². The fraction of sp³-hybridized carbons (Fsp3) is 0.353. The molecule has 0 aliphatic rings. The molecule has 2 heterocycles. The van der Waals surface area contributed by atoms with Crippen molar-refractivity contribution in [3.63, 3.8) is 0 Å². The molecule has 0 unspecified atom stereocenters. The molecule has 25 heavy (non-hydrogen) atoms. The Balaban J connectivity index is 2.07. The number of carbonyl (C=O) groups excluding carboxylic acids is 1. The standard InChI is InChI=1S/C17H19N5O2S/c1-13-9-15(23)21(2)17(20-13)25-12-16(24)22(8-4-6-18)11-14-5-3-7-19-10-14/h3,5,7,9-10H,4,8,11-12H2,1-2H3. The Bertz CT molecular complexity index is 829. The summed E-state index contributed by atoms with van der Waals surface area (Å²) in [5, 5.41) is 9.31. The molecule has 0 N–H and O–H groups in total. The van der Waals surface area contributed by atoms with E-state index in [1.807, 2.05) is 12.1 Å². The van der Waals surface area contributed by atoms with Gasteiger partial charge in [-0.25, -0.2) is 4.98 Å². The van der Waals surface area contributed by atoms with Crippen LogP contribution in [0, 0.1) is 18.3 Å². The summed E-state index contributed by atoms with van der Waals surface area (Å²) in [7, 11) is 1.63. The lowest BCUT2D eigenvalue weighted by Gasteiger charge is -2.21. The summed E-state index contributed by atoms with van der Waals surface area (Å²) in [6, 6.07) is 7.21. The van der Waals surface area contributed by atoms with Gasteiger partial charge in [-0.05, 0) is 18.6 Å².